The summed E-state index contributed by atoms with van der Waals surface area (Å²) in [6, 6.07) is 5.54. The maximum absolute atomic E-state index is 12.2. The van der Waals surface area contributed by atoms with E-state index in [1.807, 2.05) is 26.1 Å². The van der Waals surface area contributed by atoms with Crippen molar-refractivity contribution in [3.05, 3.63) is 47.4 Å². The Kier molecular flexibility index (Phi) is 4.78. The fourth-order valence-corrected chi connectivity index (χ4v) is 4.70. The van der Waals surface area contributed by atoms with Gasteiger partial charge in [-0.25, -0.2) is 19.7 Å². The van der Waals surface area contributed by atoms with Gasteiger partial charge in [0.1, 0.15) is 23.8 Å². The standard InChI is InChI=1S/C26H29N5O3/c1-13-14(2)33-25(32)17-8-9-21(31-23(13)17)30-22-10-18-19(11-28-22)24(34-16-6-7-16)29-12-20(18)26(3,27)15-4-5-15/h8-16H,4-7,27H2,1-3H3,(H,28,30,31)/t13-,14+,26-/m1/s1. The topological polar surface area (TPSA) is 112 Å². The van der Waals surface area contributed by atoms with Crippen molar-refractivity contribution in [1.82, 2.24) is 15.0 Å². The number of hydrogen-bond acceptors (Lipinski definition) is 8. The first-order valence-corrected chi connectivity index (χ1v) is 12.0. The Hall–Kier alpha value is -3.26. The van der Waals surface area contributed by atoms with Crippen LogP contribution in [-0.4, -0.2) is 33.1 Å². The van der Waals surface area contributed by atoms with Crippen LogP contribution in [0.25, 0.3) is 10.8 Å². The molecule has 0 radical (unpaired) electrons. The van der Waals surface area contributed by atoms with Gasteiger partial charge in [-0.1, -0.05) is 6.92 Å². The number of carbonyl (C=O) groups is 1. The lowest BCUT2D eigenvalue weighted by molar-refractivity contribution is 0.0235. The average Bonchev–Trinajstić information content (AvgIpc) is 3.71. The monoisotopic (exact) mass is 459 g/mol. The van der Waals surface area contributed by atoms with Gasteiger partial charge >= 0.3 is 5.97 Å². The molecule has 0 spiro atoms. The zero-order valence-electron chi connectivity index (χ0n) is 19.7. The SMILES string of the molecule is C[C@@H]1OC(=O)c2ccc(Nc3cc4c([C@](C)(N)C5CC5)cnc(OC5CC5)c4cn3)nc2[C@@H]1C. The summed E-state index contributed by atoms with van der Waals surface area (Å²) in [6.07, 6.45) is 8.07. The molecule has 2 aliphatic carbocycles. The van der Waals surface area contributed by atoms with E-state index in [4.69, 9.17) is 20.2 Å². The molecule has 8 nitrogen and oxygen atoms in total. The quantitative estimate of drug-likeness (QED) is 0.516. The molecule has 3 N–H and O–H groups in total. The zero-order valence-corrected chi connectivity index (χ0v) is 19.7. The van der Waals surface area contributed by atoms with Gasteiger partial charge in [0, 0.05) is 23.9 Å². The second-order valence-corrected chi connectivity index (χ2v) is 10.1. The van der Waals surface area contributed by atoms with Crippen molar-refractivity contribution in [1.29, 1.82) is 0 Å². The molecule has 0 unspecified atom stereocenters. The minimum absolute atomic E-state index is 0.00955. The van der Waals surface area contributed by atoms with Gasteiger partial charge in [-0.2, -0.15) is 0 Å². The fourth-order valence-electron chi connectivity index (χ4n) is 4.70. The van der Waals surface area contributed by atoms with E-state index in [0.29, 0.717) is 29.0 Å². The Morgan fingerprint density at radius 2 is 1.88 bits per heavy atom. The zero-order chi connectivity index (χ0) is 23.6. The van der Waals surface area contributed by atoms with Crippen LogP contribution in [0.3, 0.4) is 0 Å². The second-order valence-electron chi connectivity index (χ2n) is 10.1. The summed E-state index contributed by atoms with van der Waals surface area (Å²) in [5.41, 5.74) is 8.60. The molecule has 0 saturated heterocycles. The third-order valence-corrected chi connectivity index (χ3v) is 7.37. The van der Waals surface area contributed by atoms with Gasteiger partial charge in [-0.05, 0) is 74.6 Å². The van der Waals surface area contributed by atoms with Gasteiger partial charge in [-0.15, -0.1) is 0 Å². The molecule has 1 aliphatic heterocycles. The number of nitrogens with one attached hydrogen (secondary N) is 1. The summed E-state index contributed by atoms with van der Waals surface area (Å²) >= 11 is 0. The van der Waals surface area contributed by atoms with E-state index >= 15 is 0 Å². The number of pyridine rings is 3. The maximum atomic E-state index is 12.2. The summed E-state index contributed by atoms with van der Waals surface area (Å²) < 4.78 is 11.5. The highest BCUT2D eigenvalue weighted by Gasteiger charge is 2.41. The molecule has 8 heteroatoms. The molecule has 3 aromatic rings. The Labute approximate surface area is 198 Å². The number of carbonyl (C=O) groups excluding carboxylic acids is 1. The summed E-state index contributed by atoms with van der Waals surface area (Å²) in [5.74, 6) is 2.02. The highest BCUT2D eigenvalue weighted by atomic mass is 16.5. The van der Waals surface area contributed by atoms with E-state index in [-0.39, 0.29) is 24.1 Å². The lowest BCUT2D eigenvalue weighted by atomic mass is 9.86. The maximum Gasteiger partial charge on any atom is 0.340 e. The van der Waals surface area contributed by atoms with Crippen molar-refractivity contribution in [3.63, 3.8) is 0 Å². The van der Waals surface area contributed by atoms with Crippen LogP contribution in [0.2, 0.25) is 0 Å². The van der Waals surface area contributed by atoms with Crippen LogP contribution in [0.5, 0.6) is 5.88 Å². The van der Waals surface area contributed by atoms with Gasteiger partial charge in [0.15, 0.2) is 0 Å². The molecule has 3 aliphatic rings. The molecule has 2 saturated carbocycles. The number of anilines is 2. The van der Waals surface area contributed by atoms with Crippen molar-refractivity contribution < 1.29 is 14.3 Å². The summed E-state index contributed by atoms with van der Waals surface area (Å²) in [5, 5.41) is 5.18. The molecule has 3 atom stereocenters. The Morgan fingerprint density at radius 1 is 1.09 bits per heavy atom. The molecular weight excluding hydrogens is 430 g/mol. The number of esters is 1. The number of nitrogens with zero attached hydrogens (tertiary/aromatic N) is 3. The van der Waals surface area contributed by atoms with Crippen molar-refractivity contribution in [2.24, 2.45) is 11.7 Å². The van der Waals surface area contributed by atoms with Crippen molar-refractivity contribution in [3.8, 4) is 5.88 Å². The first kappa shape index (κ1) is 21.3. The van der Waals surface area contributed by atoms with Gasteiger partial charge in [0.05, 0.1) is 16.6 Å². The largest absolute Gasteiger partial charge is 0.474 e. The lowest BCUT2D eigenvalue weighted by Crippen LogP contribution is -2.35. The van der Waals surface area contributed by atoms with Crippen LogP contribution in [-0.2, 0) is 10.3 Å². The number of aromatic nitrogens is 3. The third kappa shape index (κ3) is 3.66. The summed E-state index contributed by atoms with van der Waals surface area (Å²) in [6.45, 7) is 5.99. The van der Waals surface area contributed by atoms with E-state index in [0.717, 1.165) is 47.7 Å². The average molecular weight is 460 g/mol. The predicted octanol–water partition coefficient (Wildman–Crippen LogP) is 4.56. The summed E-state index contributed by atoms with van der Waals surface area (Å²) in [4.78, 5) is 26.2. The normalized spacial score (nSPS) is 23.7. The number of fused-ring (bicyclic) bond motifs is 2. The third-order valence-electron chi connectivity index (χ3n) is 7.37. The van der Waals surface area contributed by atoms with Gasteiger partial charge in [0.25, 0.3) is 0 Å². The smallest absolute Gasteiger partial charge is 0.340 e. The van der Waals surface area contributed by atoms with E-state index < -0.39 is 5.54 Å². The van der Waals surface area contributed by atoms with Crippen molar-refractivity contribution in [2.75, 3.05) is 5.32 Å². The van der Waals surface area contributed by atoms with Crippen LogP contribution < -0.4 is 15.8 Å². The molecule has 0 aromatic carbocycles. The molecule has 4 heterocycles. The molecule has 0 amide bonds. The Morgan fingerprint density at radius 3 is 2.62 bits per heavy atom. The fraction of sp³-hybridized carbons (Fsp3) is 0.462. The number of nitrogens with two attached hydrogens (primary N) is 1. The van der Waals surface area contributed by atoms with Gasteiger partial charge in [-0.3, -0.25) is 0 Å². The van der Waals surface area contributed by atoms with Gasteiger partial charge in [0.2, 0.25) is 5.88 Å². The van der Waals surface area contributed by atoms with Crippen molar-refractivity contribution >= 4 is 28.4 Å². The van der Waals surface area contributed by atoms with Gasteiger partial charge < -0.3 is 20.5 Å². The van der Waals surface area contributed by atoms with E-state index in [2.05, 4.69) is 22.2 Å². The van der Waals surface area contributed by atoms with Crippen LogP contribution >= 0.6 is 0 Å². The Balaban J connectivity index is 1.39. The molecular formula is C26H29N5O3. The first-order chi connectivity index (χ1) is 16.3. The lowest BCUT2D eigenvalue weighted by Gasteiger charge is -2.27. The molecule has 6 rings (SSSR count). The number of ether oxygens (including phenoxy) is 2. The number of hydrogen-bond donors (Lipinski definition) is 2. The molecule has 176 valence electrons. The second kappa shape index (κ2) is 7.63. The van der Waals surface area contributed by atoms with E-state index in [9.17, 15) is 4.79 Å². The minimum atomic E-state index is -0.474. The predicted molar refractivity (Wildman–Crippen MR) is 128 cm³/mol. The highest BCUT2D eigenvalue weighted by Crippen LogP contribution is 2.46. The molecule has 34 heavy (non-hydrogen) atoms. The van der Waals surface area contributed by atoms with Crippen molar-refractivity contribution in [2.45, 2.75) is 70.1 Å². The molecule has 3 aromatic heterocycles. The van der Waals surface area contributed by atoms with Crippen LogP contribution in [0, 0.1) is 5.92 Å². The van der Waals surface area contributed by atoms with Crippen LogP contribution in [0.15, 0.2) is 30.6 Å². The van der Waals surface area contributed by atoms with E-state index in [1.54, 1.807) is 18.3 Å². The summed E-state index contributed by atoms with van der Waals surface area (Å²) in [7, 11) is 0. The molecule has 2 fully saturated rings. The first-order valence-electron chi connectivity index (χ1n) is 12.0. The van der Waals surface area contributed by atoms with E-state index in [1.165, 1.54) is 0 Å². The minimum Gasteiger partial charge on any atom is -0.474 e. The van der Waals surface area contributed by atoms with Crippen LogP contribution in [0.1, 0.15) is 74.0 Å². The number of rotatable bonds is 6. The molecule has 0 bridgehead atoms. The Bertz CT molecular complexity index is 1300. The number of cyclic esters (lactones) is 1. The highest BCUT2D eigenvalue weighted by molar-refractivity contribution is 5.93. The van der Waals surface area contributed by atoms with Crippen LogP contribution in [0.4, 0.5) is 11.6 Å².